The highest BCUT2D eigenvalue weighted by molar-refractivity contribution is 5.83. The van der Waals surface area contributed by atoms with Crippen molar-refractivity contribution in [3.8, 4) is 0 Å². The van der Waals surface area contributed by atoms with E-state index in [-0.39, 0.29) is 0 Å². The lowest BCUT2D eigenvalue weighted by Gasteiger charge is -2.22. The SMILES string of the molecule is CC(C)NCC1CCCC1c1ccc2ccccc2c1. The lowest BCUT2D eigenvalue weighted by molar-refractivity contribution is 0.423. The molecule has 1 nitrogen and oxygen atoms in total. The van der Waals surface area contributed by atoms with E-state index in [9.17, 15) is 0 Å². The van der Waals surface area contributed by atoms with Gasteiger partial charge in [0.1, 0.15) is 0 Å². The second-order valence-electron chi connectivity index (χ2n) is 6.47. The average Bonchev–Trinajstić information content (AvgIpc) is 2.93. The van der Waals surface area contributed by atoms with Crippen LogP contribution in [0, 0.1) is 5.92 Å². The fourth-order valence-corrected chi connectivity index (χ4v) is 3.55. The third-order valence-corrected chi connectivity index (χ3v) is 4.65. The van der Waals surface area contributed by atoms with E-state index < -0.39 is 0 Å². The summed E-state index contributed by atoms with van der Waals surface area (Å²) >= 11 is 0. The molecule has 0 bridgehead atoms. The molecule has 0 aliphatic heterocycles. The smallest absolute Gasteiger partial charge is 0.00104 e. The molecule has 1 N–H and O–H groups in total. The third-order valence-electron chi connectivity index (χ3n) is 4.65. The number of nitrogens with one attached hydrogen (secondary N) is 1. The van der Waals surface area contributed by atoms with Crippen LogP contribution in [0.5, 0.6) is 0 Å². The Labute approximate surface area is 122 Å². The van der Waals surface area contributed by atoms with E-state index in [0.717, 1.165) is 18.4 Å². The van der Waals surface area contributed by atoms with Gasteiger partial charge in [0.05, 0.1) is 0 Å². The fourth-order valence-electron chi connectivity index (χ4n) is 3.55. The summed E-state index contributed by atoms with van der Waals surface area (Å²) in [6, 6.07) is 16.3. The van der Waals surface area contributed by atoms with Crippen LogP contribution in [-0.4, -0.2) is 12.6 Å². The van der Waals surface area contributed by atoms with Gasteiger partial charge in [-0.3, -0.25) is 0 Å². The molecule has 3 rings (SSSR count). The van der Waals surface area contributed by atoms with Crippen molar-refractivity contribution in [2.45, 2.75) is 45.1 Å². The summed E-state index contributed by atoms with van der Waals surface area (Å²) in [5.74, 6) is 1.55. The Morgan fingerprint density at radius 2 is 1.85 bits per heavy atom. The molecular formula is C19H25N. The van der Waals surface area contributed by atoms with E-state index >= 15 is 0 Å². The molecule has 106 valence electrons. The molecule has 2 aromatic carbocycles. The van der Waals surface area contributed by atoms with Gasteiger partial charge in [-0.05, 0) is 47.6 Å². The van der Waals surface area contributed by atoms with Crippen LogP contribution in [0.2, 0.25) is 0 Å². The monoisotopic (exact) mass is 267 g/mol. The Morgan fingerprint density at radius 3 is 2.65 bits per heavy atom. The van der Waals surface area contributed by atoms with E-state index in [4.69, 9.17) is 0 Å². The maximum atomic E-state index is 3.62. The topological polar surface area (TPSA) is 12.0 Å². The summed E-state index contributed by atoms with van der Waals surface area (Å²) in [4.78, 5) is 0. The normalized spacial score (nSPS) is 22.8. The Morgan fingerprint density at radius 1 is 1.05 bits per heavy atom. The number of hydrogen-bond donors (Lipinski definition) is 1. The molecule has 2 atom stereocenters. The first-order valence-electron chi connectivity index (χ1n) is 7.96. The van der Waals surface area contributed by atoms with E-state index in [2.05, 4.69) is 61.6 Å². The summed E-state index contributed by atoms with van der Waals surface area (Å²) in [5, 5.41) is 6.36. The van der Waals surface area contributed by atoms with Gasteiger partial charge < -0.3 is 5.32 Å². The molecule has 0 saturated heterocycles. The van der Waals surface area contributed by atoms with Gasteiger partial charge in [0.2, 0.25) is 0 Å². The number of rotatable bonds is 4. The first-order valence-corrected chi connectivity index (χ1v) is 7.96. The van der Waals surface area contributed by atoms with Crippen LogP contribution < -0.4 is 5.32 Å². The Hall–Kier alpha value is -1.34. The van der Waals surface area contributed by atoms with Crippen LogP contribution in [0.3, 0.4) is 0 Å². The number of hydrogen-bond acceptors (Lipinski definition) is 1. The first kappa shape index (κ1) is 13.6. The molecule has 1 saturated carbocycles. The van der Waals surface area contributed by atoms with Crippen LogP contribution in [0.4, 0.5) is 0 Å². The van der Waals surface area contributed by atoms with Crippen molar-refractivity contribution in [2.24, 2.45) is 5.92 Å². The molecular weight excluding hydrogens is 242 g/mol. The van der Waals surface area contributed by atoms with Crippen molar-refractivity contribution in [3.05, 3.63) is 48.0 Å². The van der Waals surface area contributed by atoms with E-state index in [1.54, 1.807) is 0 Å². The van der Waals surface area contributed by atoms with Gasteiger partial charge >= 0.3 is 0 Å². The maximum absolute atomic E-state index is 3.62. The molecule has 2 unspecified atom stereocenters. The van der Waals surface area contributed by atoms with Gasteiger partial charge in [-0.25, -0.2) is 0 Å². The average molecular weight is 267 g/mol. The van der Waals surface area contributed by atoms with Crippen molar-refractivity contribution in [1.82, 2.24) is 5.32 Å². The van der Waals surface area contributed by atoms with E-state index in [0.29, 0.717) is 6.04 Å². The molecule has 0 radical (unpaired) electrons. The lowest BCUT2D eigenvalue weighted by Crippen LogP contribution is -2.30. The summed E-state index contributed by atoms with van der Waals surface area (Å²) < 4.78 is 0. The summed E-state index contributed by atoms with van der Waals surface area (Å²) in [6.07, 6.45) is 4.10. The fraction of sp³-hybridized carbons (Fsp3) is 0.474. The molecule has 1 aliphatic rings. The highest BCUT2D eigenvalue weighted by Gasteiger charge is 2.28. The third kappa shape index (κ3) is 2.88. The molecule has 2 aromatic rings. The van der Waals surface area contributed by atoms with Gasteiger partial charge in [0.15, 0.2) is 0 Å². The second kappa shape index (κ2) is 5.97. The summed E-state index contributed by atoms with van der Waals surface area (Å²) in [5.41, 5.74) is 1.54. The highest BCUT2D eigenvalue weighted by atomic mass is 14.9. The molecule has 0 heterocycles. The highest BCUT2D eigenvalue weighted by Crippen LogP contribution is 2.40. The molecule has 1 aliphatic carbocycles. The van der Waals surface area contributed by atoms with Gasteiger partial charge in [-0.2, -0.15) is 0 Å². The Bertz CT molecular complexity index is 573. The molecule has 1 heteroatoms. The number of fused-ring (bicyclic) bond motifs is 1. The molecule has 0 spiro atoms. The minimum absolute atomic E-state index is 0.591. The maximum Gasteiger partial charge on any atom is 0.00104 e. The predicted molar refractivity (Wildman–Crippen MR) is 87.2 cm³/mol. The van der Waals surface area contributed by atoms with Crippen molar-refractivity contribution in [1.29, 1.82) is 0 Å². The zero-order chi connectivity index (χ0) is 13.9. The second-order valence-corrected chi connectivity index (χ2v) is 6.47. The number of benzene rings is 2. The van der Waals surface area contributed by atoms with Crippen molar-refractivity contribution < 1.29 is 0 Å². The first-order chi connectivity index (χ1) is 9.74. The minimum atomic E-state index is 0.591. The summed E-state index contributed by atoms with van der Waals surface area (Å²) in [6.45, 7) is 5.63. The zero-order valence-electron chi connectivity index (χ0n) is 12.6. The van der Waals surface area contributed by atoms with Gasteiger partial charge in [0.25, 0.3) is 0 Å². The van der Waals surface area contributed by atoms with Crippen LogP contribution >= 0.6 is 0 Å². The lowest BCUT2D eigenvalue weighted by atomic mass is 9.87. The van der Waals surface area contributed by atoms with Crippen LogP contribution in [0.1, 0.15) is 44.6 Å². The van der Waals surface area contributed by atoms with Crippen LogP contribution in [0.15, 0.2) is 42.5 Å². The van der Waals surface area contributed by atoms with Gasteiger partial charge in [0, 0.05) is 6.04 Å². The van der Waals surface area contributed by atoms with E-state index in [1.807, 2.05) is 0 Å². The molecule has 0 amide bonds. The summed E-state index contributed by atoms with van der Waals surface area (Å²) in [7, 11) is 0. The van der Waals surface area contributed by atoms with Gasteiger partial charge in [-0.15, -0.1) is 0 Å². The van der Waals surface area contributed by atoms with Crippen molar-refractivity contribution in [2.75, 3.05) is 6.54 Å². The Kier molecular flexibility index (Phi) is 4.07. The van der Waals surface area contributed by atoms with Crippen LogP contribution in [0.25, 0.3) is 10.8 Å². The van der Waals surface area contributed by atoms with Crippen molar-refractivity contribution >= 4 is 10.8 Å². The molecule has 0 aromatic heterocycles. The largest absolute Gasteiger partial charge is 0.314 e. The zero-order valence-corrected chi connectivity index (χ0v) is 12.6. The minimum Gasteiger partial charge on any atom is -0.314 e. The van der Waals surface area contributed by atoms with Gasteiger partial charge in [-0.1, -0.05) is 62.7 Å². The molecule has 20 heavy (non-hydrogen) atoms. The predicted octanol–water partition coefficient (Wildman–Crippen LogP) is 4.72. The Balaban J connectivity index is 1.81. The van der Waals surface area contributed by atoms with Crippen LogP contribution in [-0.2, 0) is 0 Å². The quantitative estimate of drug-likeness (QED) is 0.845. The molecule has 1 fully saturated rings. The van der Waals surface area contributed by atoms with E-state index in [1.165, 1.54) is 35.6 Å². The van der Waals surface area contributed by atoms with Crippen molar-refractivity contribution in [3.63, 3.8) is 0 Å². The standard InChI is InChI=1S/C19H25N/c1-14(2)20-13-18-8-5-9-19(18)17-11-10-15-6-3-4-7-16(15)12-17/h3-4,6-7,10-12,14,18-20H,5,8-9,13H2,1-2H3.